The Morgan fingerprint density at radius 3 is 2.67 bits per heavy atom. The van der Waals surface area contributed by atoms with Crippen LogP contribution in [0.15, 0.2) is 64.9 Å². The van der Waals surface area contributed by atoms with E-state index in [1.807, 2.05) is 54.7 Å². The van der Waals surface area contributed by atoms with Gasteiger partial charge in [0, 0.05) is 35.6 Å². The maximum Gasteiger partial charge on any atom is 0.317 e. The van der Waals surface area contributed by atoms with Crippen molar-refractivity contribution in [2.45, 2.75) is 31.5 Å². The molecule has 0 radical (unpaired) electrons. The van der Waals surface area contributed by atoms with Crippen LogP contribution in [0.25, 0.3) is 5.69 Å². The minimum atomic E-state index is -1.13. The average Bonchev–Trinajstić information content (AvgIpc) is 3.64. The predicted octanol–water partition coefficient (Wildman–Crippen LogP) is 4.75. The van der Waals surface area contributed by atoms with Gasteiger partial charge >= 0.3 is 5.97 Å². The molecule has 1 aromatic heterocycles. The Kier molecular flexibility index (Phi) is 7.24. The fraction of sp³-hybridized carbons (Fsp3) is 0.321. The molecule has 1 aliphatic heterocycles. The number of hydrogen-bond acceptors (Lipinski definition) is 7. The molecule has 5 rings (SSSR count). The molecule has 0 bridgehead atoms. The highest BCUT2D eigenvalue weighted by Gasteiger charge is 2.57. The average molecular weight is 552 g/mol. The van der Waals surface area contributed by atoms with Gasteiger partial charge in [0.1, 0.15) is 17.6 Å². The number of carboxylic acid groups (broad SMARTS) is 1. The van der Waals surface area contributed by atoms with Crippen LogP contribution in [0, 0.1) is 5.41 Å². The van der Waals surface area contributed by atoms with E-state index in [0.717, 1.165) is 22.5 Å². The molecule has 3 N–H and O–H groups in total. The molecule has 2 aromatic carbocycles. The van der Waals surface area contributed by atoms with Gasteiger partial charge in [-0.05, 0) is 55.7 Å². The lowest BCUT2D eigenvalue weighted by molar-refractivity contribution is -0.140. The zero-order valence-corrected chi connectivity index (χ0v) is 22.5. The van der Waals surface area contributed by atoms with Gasteiger partial charge in [-0.1, -0.05) is 23.7 Å². The van der Waals surface area contributed by atoms with Crippen molar-refractivity contribution in [1.29, 1.82) is 0 Å². The summed E-state index contributed by atoms with van der Waals surface area (Å²) in [5.74, 6) is 6.01. The van der Waals surface area contributed by atoms with Crippen LogP contribution >= 0.6 is 11.6 Å². The smallest absolute Gasteiger partial charge is 0.317 e. The topological polar surface area (TPSA) is 124 Å². The molecule has 2 heterocycles. The molecule has 1 saturated carbocycles. The lowest BCUT2D eigenvalue weighted by atomic mass is 9.98. The molecule has 0 saturated heterocycles. The van der Waals surface area contributed by atoms with Gasteiger partial charge in [-0.2, -0.15) is 10.2 Å². The number of aromatic nitrogens is 1. The molecule has 3 aromatic rings. The second-order valence-electron chi connectivity index (χ2n) is 9.49. The van der Waals surface area contributed by atoms with E-state index < -0.39 is 23.6 Å². The van der Waals surface area contributed by atoms with Crippen molar-refractivity contribution in [3.63, 3.8) is 0 Å². The number of para-hydroxylation sites is 1. The number of fused-ring (bicyclic) bond motifs is 3. The predicted molar refractivity (Wildman–Crippen MR) is 148 cm³/mol. The zero-order valence-electron chi connectivity index (χ0n) is 21.7. The van der Waals surface area contributed by atoms with Crippen molar-refractivity contribution < 1.29 is 24.1 Å². The zero-order chi connectivity index (χ0) is 27.7. The molecule has 204 valence electrons. The van der Waals surface area contributed by atoms with Gasteiger partial charge in [-0.25, -0.2) is 5.01 Å². The van der Waals surface area contributed by atoms with E-state index in [2.05, 4.69) is 21.5 Å². The van der Waals surface area contributed by atoms with Crippen molar-refractivity contribution in [3.8, 4) is 17.2 Å². The summed E-state index contributed by atoms with van der Waals surface area (Å²) < 4.78 is 20.3. The molecule has 1 fully saturated rings. The molecule has 39 heavy (non-hydrogen) atoms. The summed E-state index contributed by atoms with van der Waals surface area (Å²) in [6.45, 7) is 3.93. The van der Waals surface area contributed by atoms with Gasteiger partial charge in [0.25, 0.3) is 0 Å². The summed E-state index contributed by atoms with van der Waals surface area (Å²) in [6.07, 6.45) is 2.30. The SMILES string of the molecule is C=NN(CC[C@H]1O[C@H](c2cccc(OC)c2OC)c2cc(Cl)ccc2-n2cccc21)/C(=N\N)C1(C(=O)O)CC1. The molecule has 0 unspecified atom stereocenters. The van der Waals surface area contributed by atoms with Gasteiger partial charge < -0.3 is 29.7 Å². The quantitative estimate of drug-likeness (QED) is 0.170. The van der Waals surface area contributed by atoms with Gasteiger partial charge in [0.2, 0.25) is 0 Å². The fourth-order valence-electron chi connectivity index (χ4n) is 5.29. The minimum Gasteiger partial charge on any atom is -0.493 e. The highest BCUT2D eigenvalue weighted by Crippen LogP contribution is 2.49. The summed E-state index contributed by atoms with van der Waals surface area (Å²) in [7, 11) is 3.18. The minimum absolute atomic E-state index is 0.190. The van der Waals surface area contributed by atoms with Crippen molar-refractivity contribution in [2.75, 3.05) is 20.8 Å². The number of amidine groups is 1. The molecular weight excluding hydrogens is 522 g/mol. The van der Waals surface area contributed by atoms with Crippen molar-refractivity contribution in [3.05, 3.63) is 76.6 Å². The Labute approximate surface area is 231 Å². The van der Waals surface area contributed by atoms with Gasteiger partial charge in [-0.15, -0.1) is 0 Å². The Morgan fingerprint density at radius 2 is 2.03 bits per heavy atom. The third kappa shape index (κ3) is 4.59. The summed E-state index contributed by atoms with van der Waals surface area (Å²) in [5, 5.41) is 19.7. The lowest BCUT2D eigenvalue weighted by Gasteiger charge is -2.28. The molecule has 10 nitrogen and oxygen atoms in total. The third-order valence-electron chi connectivity index (χ3n) is 7.39. The second-order valence-corrected chi connectivity index (χ2v) is 9.92. The van der Waals surface area contributed by atoms with Crippen LogP contribution in [0.5, 0.6) is 11.5 Å². The van der Waals surface area contributed by atoms with E-state index in [9.17, 15) is 9.90 Å². The van der Waals surface area contributed by atoms with Crippen LogP contribution in [0.4, 0.5) is 0 Å². The van der Waals surface area contributed by atoms with E-state index in [1.165, 1.54) is 5.01 Å². The number of rotatable bonds is 9. The number of carboxylic acids is 1. The maximum absolute atomic E-state index is 12.0. The van der Waals surface area contributed by atoms with Crippen molar-refractivity contribution >= 4 is 30.1 Å². The van der Waals surface area contributed by atoms with Gasteiger partial charge in [0.15, 0.2) is 17.3 Å². The Morgan fingerprint density at radius 1 is 1.23 bits per heavy atom. The first kappa shape index (κ1) is 26.6. The molecule has 0 spiro atoms. The van der Waals surface area contributed by atoms with Crippen LogP contribution in [-0.2, 0) is 9.53 Å². The highest BCUT2D eigenvalue weighted by atomic mass is 35.5. The van der Waals surface area contributed by atoms with Crippen LogP contribution in [-0.4, -0.2) is 54.0 Å². The van der Waals surface area contributed by atoms with Gasteiger partial charge in [-0.3, -0.25) is 4.79 Å². The first-order valence-electron chi connectivity index (χ1n) is 12.5. The number of hydrazone groups is 2. The number of aliphatic carboxylic acids is 1. The normalized spacial score (nSPS) is 19.3. The molecule has 11 heteroatoms. The molecule has 2 atom stereocenters. The number of benzene rings is 2. The fourth-order valence-corrected chi connectivity index (χ4v) is 5.47. The van der Waals surface area contributed by atoms with E-state index in [-0.39, 0.29) is 12.4 Å². The van der Waals surface area contributed by atoms with Crippen molar-refractivity contribution in [1.82, 2.24) is 9.58 Å². The molecule has 2 aliphatic rings. The van der Waals surface area contributed by atoms with E-state index in [1.54, 1.807) is 14.2 Å². The number of halogens is 1. The third-order valence-corrected chi connectivity index (χ3v) is 7.62. The van der Waals surface area contributed by atoms with Crippen LogP contribution in [0.3, 0.4) is 0 Å². The highest BCUT2D eigenvalue weighted by molar-refractivity contribution is 6.30. The first-order chi connectivity index (χ1) is 18.9. The number of hydrogen-bond donors (Lipinski definition) is 2. The second kappa shape index (κ2) is 10.6. The van der Waals surface area contributed by atoms with Crippen LogP contribution in [0.2, 0.25) is 5.02 Å². The first-order valence-corrected chi connectivity index (χ1v) is 12.9. The number of carbonyl (C=O) groups is 1. The summed E-state index contributed by atoms with van der Waals surface area (Å²) in [6, 6.07) is 15.3. The van der Waals surface area contributed by atoms with E-state index in [0.29, 0.717) is 35.8 Å². The Balaban J connectivity index is 1.55. The van der Waals surface area contributed by atoms with E-state index >= 15 is 0 Å². The Hall–Kier alpha value is -4.02. The van der Waals surface area contributed by atoms with Crippen LogP contribution < -0.4 is 15.3 Å². The molecule has 0 amide bonds. The Bertz CT molecular complexity index is 1430. The van der Waals surface area contributed by atoms with Crippen LogP contribution in [0.1, 0.15) is 48.3 Å². The van der Waals surface area contributed by atoms with E-state index in [4.69, 9.17) is 31.7 Å². The summed E-state index contributed by atoms with van der Waals surface area (Å²) >= 11 is 6.48. The largest absolute Gasteiger partial charge is 0.493 e. The standard InChI is InChI=1S/C28H30ClN5O5/c1-31-34(26(32-30)28(12-13-28)27(35)36)15-11-22-21-7-5-14-33(21)20-10-9-17(29)16-19(20)24(39-22)18-6-4-8-23(37-2)25(18)38-3/h4-10,14,16,22,24H,1,11-13,15,30H2,2-3H3,(H,35,36)/b32-26-/t22-,24-/m1/s1. The number of methoxy groups -OCH3 is 2. The lowest BCUT2D eigenvalue weighted by Crippen LogP contribution is -2.39. The van der Waals surface area contributed by atoms with Gasteiger partial charge in [0.05, 0.1) is 25.6 Å². The number of ether oxygens (including phenoxy) is 3. The number of nitrogens with zero attached hydrogens (tertiary/aromatic N) is 4. The molecular formula is C28H30ClN5O5. The monoisotopic (exact) mass is 551 g/mol. The summed E-state index contributed by atoms with van der Waals surface area (Å²) in [4.78, 5) is 12.0. The van der Waals surface area contributed by atoms with Crippen molar-refractivity contribution in [2.24, 2.45) is 21.5 Å². The number of nitrogens with two attached hydrogens (primary N) is 1. The molecule has 1 aliphatic carbocycles. The maximum atomic E-state index is 12.0. The summed E-state index contributed by atoms with van der Waals surface area (Å²) in [5.41, 5.74) is 2.34.